The Kier molecular flexibility index (Phi) is 8.13. The molecule has 146 valence electrons. The van der Waals surface area contributed by atoms with Crippen molar-refractivity contribution in [1.82, 2.24) is 0 Å². The Morgan fingerprint density at radius 3 is 2.48 bits per heavy atom. The normalized spacial score (nSPS) is 11.7. The van der Waals surface area contributed by atoms with E-state index in [1.165, 1.54) is 0 Å². The van der Waals surface area contributed by atoms with Gasteiger partial charge in [-0.25, -0.2) is 0 Å². The predicted molar refractivity (Wildman–Crippen MR) is 111 cm³/mol. The minimum absolute atomic E-state index is 0.238. The molecule has 0 saturated carbocycles. The van der Waals surface area contributed by atoms with Crippen LogP contribution in [-0.4, -0.2) is 31.8 Å². The van der Waals surface area contributed by atoms with Gasteiger partial charge >= 0.3 is 0 Å². The molecule has 27 heavy (non-hydrogen) atoms. The molecule has 0 spiro atoms. The summed E-state index contributed by atoms with van der Waals surface area (Å²) in [5.41, 5.74) is 2.56. The minimum Gasteiger partial charge on any atom is -0.489 e. The number of benzene rings is 2. The highest BCUT2D eigenvalue weighted by Gasteiger charge is 2.18. The van der Waals surface area contributed by atoms with Crippen LogP contribution in [-0.2, 0) is 9.53 Å². The molecule has 1 unspecified atom stereocenters. The maximum absolute atomic E-state index is 12.6. The molecular weight excluding hydrogens is 410 g/mol. The summed E-state index contributed by atoms with van der Waals surface area (Å²) in [6.07, 6.45) is -0.653. The summed E-state index contributed by atoms with van der Waals surface area (Å²) in [5.74, 6) is 1.09. The van der Waals surface area contributed by atoms with E-state index in [4.69, 9.17) is 14.2 Å². The third-order valence-electron chi connectivity index (χ3n) is 3.92. The standard InChI is InChI=1S/C21H26BrNO4/c1-5-25-10-11-26-19-9-7-6-8-18(19)23-21(24)16(4)27-20-14(2)12-17(22)13-15(20)3/h6-9,12-13,16H,5,10-11H2,1-4H3,(H,23,24). The number of ether oxygens (including phenoxy) is 3. The van der Waals surface area contributed by atoms with E-state index in [-0.39, 0.29) is 5.91 Å². The second-order valence-electron chi connectivity index (χ2n) is 6.16. The van der Waals surface area contributed by atoms with Crippen LogP contribution in [0.4, 0.5) is 5.69 Å². The van der Waals surface area contributed by atoms with Gasteiger partial charge in [0.2, 0.25) is 0 Å². The average molecular weight is 436 g/mol. The van der Waals surface area contributed by atoms with Crippen LogP contribution in [0.25, 0.3) is 0 Å². The second kappa shape index (κ2) is 10.3. The summed E-state index contributed by atoms with van der Waals surface area (Å²) in [5, 5.41) is 2.88. The number of halogens is 1. The zero-order valence-corrected chi connectivity index (χ0v) is 17.8. The first-order valence-corrected chi connectivity index (χ1v) is 9.75. The first-order chi connectivity index (χ1) is 12.9. The molecular formula is C21H26BrNO4. The molecule has 0 aliphatic rings. The van der Waals surface area contributed by atoms with Crippen molar-refractivity contribution in [2.45, 2.75) is 33.8 Å². The Hall–Kier alpha value is -2.05. The van der Waals surface area contributed by atoms with Gasteiger partial charge in [-0.1, -0.05) is 28.1 Å². The van der Waals surface area contributed by atoms with Crippen molar-refractivity contribution >= 4 is 27.5 Å². The summed E-state index contributed by atoms with van der Waals surface area (Å²) in [4.78, 5) is 12.6. The lowest BCUT2D eigenvalue weighted by Crippen LogP contribution is -2.30. The molecule has 0 aliphatic carbocycles. The highest BCUT2D eigenvalue weighted by molar-refractivity contribution is 9.10. The highest BCUT2D eigenvalue weighted by Crippen LogP contribution is 2.29. The molecule has 0 radical (unpaired) electrons. The Morgan fingerprint density at radius 1 is 1.15 bits per heavy atom. The van der Waals surface area contributed by atoms with Gasteiger partial charge in [0, 0.05) is 11.1 Å². The lowest BCUT2D eigenvalue weighted by molar-refractivity contribution is -0.122. The number of aryl methyl sites for hydroxylation is 2. The number of rotatable bonds is 9. The van der Waals surface area contributed by atoms with Crippen molar-refractivity contribution in [3.8, 4) is 11.5 Å². The topological polar surface area (TPSA) is 56.8 Å². The van der Waals surface area contributed by atoms with Gasteiger partial charge in [0.05, 0.1) is 12.3 Å². The summed E-state index contributed by atoms with van der Waals surface area (Å²) in [6.45, 7) is 9.15. The summed E-state index contributed by atoms with van der Waals surface area (Å²) >= 11 is 3.47. The molecule has 0 aromatic heterocycles. The largest absolute Gasteiger partial charge is 0.489 e. The van der Waals surface area contributed by atoms with E-state index in [1.807, 2.05) is 51.1 Å². The molecule has 1 atom stereocenters. The molecule has 0 fully saturated rings. The van der Waals surface area contributed by atoms with Gasteiger partial charge in [0.25, 0.3) is 5.91 Å². The van der Waals surface area contributed by atoms with Gasteiger partial charge in [-0.2, -0.15) is 0 Å². The first kappa shape index (κ1) is 21.3. The molecule has 1 N–H and O–H groups in total. The van der Waals surface area contributed by atoms with Crippen molar-refractivity contribution in [1.29, 1.82) is 0 Å². The fourth-order valence-electron chi connectivity index (χ4n) is 2.60. The molecule has 2 aromatic rings. The Balaban J connectivity index is 2.02. The first-order valence-electron chi connectivity index (χ1n) is 8.96. The number of nitrogens with one attached hydrogen (secondary N) is 1. The number of hydrogen-bond acceptors (Lipinski definition) is 4. The molecule has 0 saturated heterocycles. The van der Waals surface area contributed by atoms with Crippen molar-refractivity contribution in [3.05, 3.63) is 52.0 Å². The molecule has 0 heterocycles. The third-order valence-corrected chi connectivity index (χ3v) is 4.38. The van der Waals surface area contributed by atoms with Crippen molar-refractivity contribution in [3.63, 3.8) is 0 Å². The summed E-state index contributed by atoms with van der Waals surface area (Å²) in [6, 6.07) is 11.3. The van der Waals surface area contributed by atoms with E-state index in [1.54, 1.807) is 13.0 Å². The fourth-order valence-corrected chi connectivity index (χ4v) is 3.29. The van der Waals surface area contributed by atoms with Gasteiger partial charge in [-0.05, 0) is 63.1 Å². The number of anilines is 1. The smallest absolute Gasteiger partial charge is 0.265 e. The van der Waals surface area contributed by atoms with Crippen LogP contribution in [0.3, 0.4) is 0 Å². The monoisotopic (exact) mass is 435 g/mol. The third kappa shape index (κ3) is 6.26. The molecule has 0 bridgehead atoms. The summed E-state index contributed by atoms with van der Waals surface area (Å²) < 4.78 is 17.9. The van der Waals surface area contributed by atoms with Gasteiger partial charge < -0.3 is 19.5 Å². The van der Waals surface area contributed by atoms with Crippen molar-refractivity contribution in [2.24, 2.45) is 0 Å². The Labute approximate surface area is 169 Å². The van der Waals surface area contributed by atoms with Crippen LogP contribution in [0.1, 0.15) is 25.0 Å². The molecule has 2 rings (SSSR count). The van der Waals surface area contributed by atoms with Crippen LogP contribution in [0.2, 0.25) is 0 Å². The Morgan fingerprint density at radius 2 is 1.81 bits per heavy atom. The van der Waals surface area contributed by atoms with Gasteiger partial charge in [0.15, 0.2) is 6.10 Å². The number of para-hydroxylation sites is 2. The van der Waals surface area contributed by atoms with E-state index in [0.29, 0.717) is 31.3 Å². The maximum Gasteiger partial charge on any atom is 0.265 e. The van der Waals surface area contributed by atoms with E-state index in [9.17, 15) is 4.79 Å². The van der Waals surface area contributed by atoms with Crippen LogP contribution < -0.4 is 14.8 Å². The van der Waals surface area contributed by atoms with Crippen LogP contribution in [0.5, 0.6) is 11.5 Å². The number of carbonyl (C=O) groups excluding carboxylic acids is 1. The molecule has 6 heteroatoms. The van der Waals surface area contributed by atoms with Crippen LogP contribution >= 0.6 is 15.9 Å². The second-order valence-corrected chi connectivity index (χ2v) is 7.08. The van der Waals surface area contributed by atoms with E-state index < -0.39 is 6.10 Å². The van der Waals surface area contributed by atoms with Gasteiger partial charge in [-0.15, -0.1) is 0 Å². The highest BCUT2D eigenvalue weighted by atomic mass is 79.9. The van der Waals surface area contributed by atoms with Crippen LogP contribution in [0, 0.1) is 13.8 Å². The van der Waals surface area contributed by atoms with E-state index in [0.717, 1.165) is 21.3 Å². The lowest BCUT2D eigenvalue weighted by atomic mass is 10.1. The van der Waals surface area contributed by atoms with E-state index >= 15 is 0 Å². The van der Waals surface area contributed by atoms with Gasteiger partial charge in [-0.3, -0.25) is 4.79 Å². The predicted octanol–water partition coefficient (Wildman–Crippen LogP) is 4.89. The minimum atomic E-state index is -0.653. The maximum atomic E-state index is 12.6. The van der Waals surface area contributed by atoms with E-state index in [2.05, 4.69) is 21.2 Å². The summed E-state index contributed by atoms with van der Waals surface area (Å²) in [7, 11) is 0. The Bertz CT molecular complexity index is 756. The number of amides is 1. The molecule has 0 aliphatic heterocycles. The zero-order chi connectivity index (χ0) is 19.8. The SMILES string of the molecule is CCOCCOc1ccccc1NC(=O)C(C)Oc1c(C)cc(Br)cc1C. The number of carbonyl (C=O) groups is 1. The molecule has 1 amide bonds. The van der Waals surface area contributed by atoms with Gasteiger partial charge in [0.1, 0.15) is 18.1 Å². The zero-order valence-electron chi connectivity index (χ0n) is 16.2. The average Bonchev–Trinajstić information content (AvgIpc) is 2.62. The fraction of sp³-hybridized carbons (Fsp3) is 0.381. The number of hydrogen-bond donors (Lipinski definition) is 1. The molecule has 2 aromatic carbocycles. The quantitative estimate of drug-likeness (QED) is 0.569. The molecule has 5 nitrogen and oxygen atoms in total. The van der Waals surface area contributed by atoms with Crippen LogP contribution in [0.15, 0.2) is 40.9 Å². The lowest BCUT2D eigenvalue weighted by Gasteiger charge is -2.19. The van der Waals surface area contributed by atoms with Crippen molar-refractivity contribution < 1.29 is 19.0 Å². The van der Waals surface area contributed by atoms with Crippen molar-refractivity contribution in [2.75, 3.05) is 25.1 Å².